The molecule has 0 radical (unpaired) electrons. The Hall–Kier alpha value is 1.50. The molecule has 76 valence electrons. The van der Waals surface area contributed by atoms with Gasteiger partial charge in [-0.25, -0.2) is 4.21 Å². The SMILES string of the molecule is CCCCC(F)(F)F.O=S([O-])O.[K+]. The van der Waals surface area contributed by atoms with Crippen LogP contribution in [-0.2, 0) is 11.4 Å². The van der Waals surface area contributed by atoms with E-state index in [1.165, 1.54) is 0 Å². The maximum Gasteiger partial charge on any atom is 1.00 e. The van der Waals surface area contributed by atoms with E-state index in [0.717, 1.165) is 0 Å². The molecule has 0 saturated carbocycles. The smallest absolute Gasteiger partial charge is 0.750 e. The second-order valence-corrected chi connectivity index (χ2v) is 2.37. The molecule has 0 bridgehead atoms. The first-order valence-corrected chi connectivity index (χ1v) is 4.18. The summed E-state index contributed by atoms with van der Waals surface area (Å²) in [6.45, 7) is 1.74. The molecule has 0 heterocycles. The van der Waals surface area contributed by atoms with Crippen LogP contribution in [0.2, 0.25) is 0 Å². The largest absolute Gasteiger partial charge is 1.00 e. The number of alkyl halides is 3. The number of hydrogen-bond acceptors (Lipinski definition) is 2. The molecule has 0 aliphatic heterocycles. The Kier molecular flexibility index (Phi) is 17.8. The predicted molar refractivity (Wildman–Crippen MR) is 37.1 cm³/mol. The van der Waals surface area contributed by atoms with Gasteiger partial charge in [-0.1, -0.05) is 13.3 Å². The number of hydrogen-bond donors (Lipinski definition) is 1. The summed E-state index contributed by atoms with van der Waals surface area (Å²) in [6, 6.07) is 0. The molecule has 0 aliphatic rings. The van der Waals surface area contributed by atoms with Gasteiger partial charge in [0.1, 0.15) is 0 Å². The van der Waals surface area contributed by atoms with Crippen molar-refractivity contribution < 1.29 is 77.9 Å². The quantitative estimate of drug-likeness (QED) is 0.506. The Balaban J connectivity index is -0.000000173. The second-order valence-electron chi connectivity index (χ2n) is 1.94. The van der Waals surface area contributed by atoms with Crippen LogP contribution in [0.25, 0.3) is 0 Å². The Bertz CT molecular complexity index is 127. The minimum absolute atomic E-state index is 0. The summed E-state index contributed by atoms with van der Waals surface area (Å²) in [4.78, 5) is 0. The van der Waals surface area contributed by atoms with E-state index in [2.05, 4.69) is 0 Å². The van der Waals surface area contributed by atoms with Gasteiger partial charge in [-0.2, -0.15) is 13.2 Å². The van der Waals surface area contributed by atoms with Crippen LogP contribution >= 0.6 is 0 Å². The van der Waals surface area contributed by atoms with Gasteiger partial charge < -0.3 is 9.11 Å². The van der Waals surface area contributed by atoms with E-state index in [0.29, 0.717) is 6.42 Å². The summed E-state index contributed by atoms with van der Waals surface area (Å²) in [5.74, 6) is 0. The zero-order valence-corrected chi connectivity index (χ0v) is 11.4. The van der Waals surface area contributed by atoms with Crippen molar-refractivity contribution in [1.29, 1.82) is 0 Å². The zero-order valence-electron chi connectivity index (χ0n) is 7.43. The molecular formula is C5H10F3KO3S. The monoisotopic (exact) mass is 246 g/mol. The average Bonchev–Trinajstić information content (AvgIpc) is 1.80. The van der Waals surface area contributed by atoms with E-state index >= 15 is 0 Å². The Morgan fingerprint density at radius 2 is 1.77 bits per heavy atom. The van der Waals surface area contributed by atoms with Crippen LogP contribution in [0.5, 0.6) is 0 Å². The summed E-state index contributed by atoms with van der Waals surface area (Å²) in [5.41, 5.74) is 0. The van der Waals surface area contributed by atoms with Crippen LogP contribution in [-0.4, -0.2) is 19.5 Å². The van der Waals surface area contributed by atoms with Crippen LogP contribution in [0, 0.1) is 0 Å². The van der Waals surface area contributed by atoms with E-state index in [1.54, 1.807) is 6.92 Å². The van der Waals surface area contributed by atoms with Crippen molar-refractivity contribution in [1.82, 2.24) is 0 Å². The Morgan fingerprint density at radius 1 is 1.46 bits per heavy atom. The second kappa shape index (κ2) is 11.6. The first-order valence-electron chi connectivity index (χ1n) is 3.14. The Morgan fingerprint density at radius 3 is 1.85 bits per heavy atom. The molecule has 0 saturated heterocycles. The van der Waals surface area contributed by atoms with Gasteiger partial charge in [-0.15, -0.1) is 0 Å². The first kappa shape index (κ1) is 20.0. The summed E-state index contributed by atoms with van der Waals surface area (Å²) >= 11 is -2.86. The van der Waals surface area contributed by atoms with Crippen molar-refractivity contribution in [2.24, 2.45) is 0 Å². The molecule has 0 aliphatic carbocycles. The summed E-state index contributed by atoms with van der Waals surface area (Å²) in [5, 5.41) is 0. The third-order valence-corrected chi connectivity index (χ3v) is 0.814. The fraction of sp³-hybridized carbons (Fsp3) is 1.00. The van der Waals surface area contributed by atoms with Gasteiger partial charge in [0.25, 0.3) is 0 Å². The van der Waals surface area contributed by atoms with Crippen molar-refractivity contribution in [3.63, 3.8) is 0 Å². The van der Waals surface area contributed by atoms with Gasteiger partial charge in [0.15, 0.2) is 0 Å². The molecule has 0 fully saturated rings. The third-order valence-electron chi connectivity index (χ3n) is 0.814. The number of rotatable bonds is 2. The van der Waals surface area contributed by atoms with Crippen molar-refractivity contribution >= 4 is 11.4 Å². The van der Waals surface area contributed by atoms with E-state index in [-0.39, 0.29) is 57.8 Å². The van der Waals surface area contributed by atoms with Gasteiger partial charge in [0.05, 0.1) is 11.4 Å². The van der Waals surface area contributed by atoms with Crippen LogP contribution in [0.1, 0.15) is 26.2 Å². The normalized spacial score (nSPS) is 12.2. The molecule has 0 rings (SSSR count). The fourth-order valence-electron chi connectivity index (χ4n) is 0.377. The van der Waals surface area contributed by atoms with Gasteiger partial charge >= 0.3 is 57.6 Å². The summed E-state index contributed by atoms with van der Waals surface area (Å²) < 4.78 is 57.8. The van der Waals surface area contributed by atoms with Crippen molar-refractivity contribution in [3.05, 3.63) is 0 Å². The van der Waals surface area contributed by atoms with Gasteiger partial charge in [0, 0.05) is 6.42 Å². The molecule has 13 heavy (non-hydrogen) atoms. The van der Waals surface area contributed by atoms with Crippen LogP contribution in [0.15, 0.2) is 0 Å². The molecule has 3 nitrogen and oxygen atoms in total. The van der Waals surface area contributed by atoms with Gasteiger partial charge in [-0.3, -0.25) is 0 Å². The average molecular weight is 246 g/mol. The molecule has 0 aromatic heterocycles. The first-order chi connectivity index (χ1) is 5.29. The van der Waals surface area contributed by atoms with Gasteiger partial charge in [-0.05, 0) is 6.42 Å². The maximum atomic E-state index is 11.2. The summed E-state index contributed by atoms with van der Waals surface area (Å²) in [6.07, 6.45) is -3.72. The number of halogens is 3. The zero-order chi connectivity index (χ0) is 10.2. The summed E-state index contributed by atoms with van der Waals surface area (Å²) in [7, 11) is 0. The van der Waals surface area contributed by atoms with E-state index < -0.39 is 24.0 Å². The van der Waals surface area contributed by atoms with E-state index in [1.807, 2.05) is 0 Å². The molecule has 1 N–H and O–H groups in total. The minimum atomic E-state index is -3.95. The van der Waals surface area contributed by atoms with Crippen LogP contribution < -0.4 is 51.4 Å². The van der Waals surface area contributed by atoms with Crippen molar-refractivity contribution in [2.75, 3.05) is 0 Å². The van der Waals surface area contributed by atoms with Crippen molar-refractivity contribution in [2.45, 2.75) is 32.4 Å². The molecule has 1 atom stereocenters. The molecule has 1 unspecified atom stereocenters. The third kappa shape index (κ3) is 42.3. The maximum absolute atomic E-state index is 11.2. The predicted octanol–water partition coefficient (Wildman–Crippen LogP) is -0.919. The standard InChI is InChI=1S/C5H9F3.K.H2O3S/c1-2-3-4-5(6,7)8;;1-4(2)3/h2-4H2,1H3;;(H2,1,2,3)/q;+1;/p-1. The van der Waals surface area contributed by atoms with Crippen molar-refractivity contribution in [3.8, 4) is 0 Å². The molecule has 0 spiro atoms. The molecular weight excluding hydrogens is 236 g/mol. The minimum Gasteiger partial charge on any atom is -0.750 e. The molecule has 0 aromatic rings. The molecule has 8 heteroatoms. The van der Waals surface area contributed by atoms with E-state index in [4.69, 9.17) is 13.3 Å². The molecule has 0 aromatic carbocycles. The Labute approximate surface area is 120 Å². The topological polar surface area (TPSA) is 60.4 Å². The van der Waals surface area contributed by atoms with Gasteiger partial charge in [0.2, 0.25) is 0 Å². The number of unbranched alkanes of at least 4 members (excludes halogenated alkanes) is 1. The van der Waals surface area contributed by atoms with Crippen LogP contribution in [0.4, 0.5) is 13.2 Å². The van der Waals surface area contributed by atoms with E-state index in [9.17, 15) is 13.2 Å². The molecule has 0 amide bonds. The fourth-order valence-corrected chi connectivity index (χ4v) is 0.377. The van der Waals surface area contributed by atoms with Crippen LogP contribution in [0.3, 0.4) is 0 Å².